The van der Waals surface area contributed by atoms with Gasteiger partial charge in [0.05, 0.1) is 16.9 Å². The first-order valence-electron chi connectivity index (χ1n) is 14.2. The van der Waals surface area contributed by atoms with Crippen molar-refractivity contribution in [3.8, 4) is 5.75 Å². The summed E-state index contributed by atoms with van der Waals surface area (Å²) in [5.74, 6) is -6.00. The molecule has 6 rings (SSSR count). The number of Topliss-reactive ketones (excluding diaryl/α,β-unsaturated/α-hetero) is 1. The molecule has 1 aliphatic heterocycles. The van der Waals surface area contributed by atoms with Crippen molar-refractivity contribution < 1.29 is 37.5 Å². The molecule has 12 heteroatoms. The third-order valence-corrected chi connectivity index (χ3v) is 9.39. The molecule has 1 aromatic heterocycles. The number of allylic oxidation sites excluding steroid dienone is 7. The summed E-state index contributed by atoms with van der Waals surface area (Å²) >= 11 is 6.19. The van der Waals surface area contributed by atoms with E-state index in [0.29, 0.717) is 29.2 Å². The Morgan fingerprint density at radius 1 is 1.13 bits per heavy atom. The minimum absolute atomic E-state index is 0.000559. The Morgan fingerprint density at radius 2 is 1.87 bits per heavy atom. The number of phenols is 1. The largest absolute Gasteiger partial charge is 0.507 e. The molecule has 2 heterocycles. The molecular weight excluding hydrogens is 611 g/mol. The summed E-state index contributed by atoms with van der Waals surface area (Å²) in [5, 5.41) is 12.8. The van der Waals surface area contributed by atoms with E-state index in [1.165, 1.54) is 13.1 Å². The van der Waals surface area contributed by atoms with Gasteiger partial charge in [-0.15, -0.1) is 6.58 Å². The molecular formula is C33H27ClF3N3O5. The van der Waals surface area contributed by atoms with Gasteiger partial charge in [0.15, 0.2) is 17.4 Å². The molecule has 45 heavy (non-hydrogen) atoms. The number of carbonyl (C=O) groups is 4. The molecule has 4 unspecified atom stereocenters. The van der Waals surface area contributed by atoms with Crippen LogP contribution < -0.4 is 5.01 Å². The van der Waals surface area contributed by atoms with E-state index in [9.17, 15) is 37.5 Å². The zero-order valence-corrected chi connectivity index (χ0v) is 24.9. The van der Waals surface area contributed by atoms with Crippen LogP contribution in [0.25, 0.3) is 0 Å². The van der Waals surface area contributed by atoms with Gasteiger partial charge < -0.3 is 5.11 Å². The number of pyridine rings is 1. The van der Waals surface area contributed by atoms with Gasteiger partial charge in [-0.05, 0) is 55.9 Å². The number of para-hydroxylation sites is 1. The van der Waals surface area contributed by atoms with Gasteiger partial charge in [-0.1, -0.05) is 47.5 Å². The van der Waals surface area contributed by atoms with Crippen LogP contribution >= 0.6 is 11.6 Å². The second-order valence-electron chi connectivity index (χ2n) is 11.6. The van der Waals surface area contributed by atoms with Crippen molar-refractivity contribution in [3.05, 3.63) is 99.3 Å². The van der Waals surface area contributed by atoms with Gasteiger partial charge in [-0.25, -0.2) is 4.98 Å². The van der Waals surface area contributed by atoms with Crippen LogP contribution in [-0.4, -0.2) is 45.5 Å². The zero-order chi connectivity index (χ0) is 32.5. The lowest BCUT2D eigenvalue weighted by atomic mass is 9.59. The molecule has 2 amide bonds. The Kier molecular flexibility index (Phi) is 7.35. The number of anilines is 1. The number of phenolic OH excluding ortho intramolecular Hbond substituents is 1. The number of imide groups is 1. The summed E-state index contributed by atoms with van der Waals surface area (Å²) in [5.41, 5.74) is 1.03. The van der Waals surface area contributed by atoms with Crippen LogP contribution in [-0.2, 0) is 31.8 Å². The molecule has 3 aliphatic carbocycles. The number of hydrazine groups is 1. The molecule has 0 radical (unpaired) electrons. The number of halogens is 4. The molecule has 0 saturated carbocycles. The second kappa shape index (κ2) is 10.8. The minimum Gasteiger partial charge on any atom is -0.507 e. The molecule has 8 nitrogen and oxygen atoms in total. The molecule has 4 aliphatic rings. The van der Waals surface area contributed by atoms with E-state index in [2.05, 4.69) is 11.6 Å². The fourth-order valence-corrected chi connectivity index (χ4v) is 7.30. The van der Waals surface area contributed by atoms with Gasteiger partial charge in [0.2, 0.25) is 0 Å². The van der Waals surface area contributed by atoms with E-state index in [1.807, 2.05) is 0 Å². The number of rotatable bonds is 5. The standard InChI is InChI=1S/C33H27ClF3N3O5/c1-4-6-16-7-5-8-18(29(16)43)25-17-9-10-19-26(20(17)14-21-23(41)13-15(2)28(42)27(21)25)32(45)40(31(19)44)39(3)30-22(34)11-12-24(38-30)33(35,36)37/h4-5,7-9,11-13,19-20,25-26,43H,1,6,10,14H2,2-3H3. The number of benzene rings is 1. The highest BCUT2D eigenvalue weighted by molar-refractivity contribution is 6.33. The Balaban J connectivity index is 1.45. The Morgan fingerprint density at radius 3 is 2.56 bits per heavy atom. The number of hydrogen-bond acceptors (Lipinski definition) is 7. The molecule has 0 spiro atoms. The van der Waals surface area contributed by atoms with Gasteiger partial charge in [0.1, 0.15) is 11.4 Å². The third kappa shape index (κ3) is 4.72. The normalized spacial score (nSPS) is 24.6. The highest BCUT2D eigenvalue weighted by Gasteiger charge is 2.58. The number of ketones is 2. The topological polar surface area (TPSA) is 108 Å². The van der Waals surface area contributed by atoms with Gasteiger partial charge in [-0.2, -0.15) is 18.2 Å². The number of fused-ring (bicyclic) bond motifs is 3. The van der Waals surface area contributed by atoms with Crippen molar-refractivity contribution in [1.82, 2.24) is 9.99 Å². The van der Waals surface area contributed by atoms with Crippen LogP contribution in [0, 0.1) is 17.8 Å². The van der Waals surface area contributed by atoms with E-state index in [-0.39, 0.29) is 51.9 Å². The molecule has 0 bridgehead atoms. The third-order valence-electron chi connectivity index (χ3n) is 9.09. The first kappa shape index (κ1) is 30.5. The Labute approximate surface area is 261 Å². The highest BCUT2D eigenvalue weighted by Crippen LogP contribution is 2.56. The van der Waals surface area contributed by atoms with Crippen molar-refractivity contribution in [2.24, 2.45) is 17.8 Å². The summed E-state index contributed by atoms with van der Waals surface area (Å²) in [4.78, 5) is 58.5. The van der Waals surface area contributed by atoms with Crippen LogP contribution in [0.4, 0.5) is 19.0 Å². The number of alkyl halides is 3. The maximum absolute atomic E-state index is 14.1. The van der Waals surface area contributed by atoms with E-state index < -0.39 is 53.2 Å². The van der Waals surface area contributed by atoms with Crippen molar-refractivity contribution in [2.45, 2.75) is 38.3 Å². The number of aromatic hydroxyl groups is 1. The Hall–Kier alpha value is -4.51. The first-order valence-corrected chi connectivity index (χ1v) is 14.6. The first-order chi connectivity index (χ1) is 21.3. The average molecular weight is 638 g/mol. The molecule has 1 N–H and O–H groups in total. The van der Waals surface area contributed by atoms with E-state index in [4.69, 9.17) is 11.6 Å². The quantitative estimate of drug-likeness (QED) is 0.256. The summed E-state index contributed by atoms with van der Waals surface area (Å²) in [6.07, 6.45) is 0.314. The Bertz CT molecular complexity index is 1810. The van der Waals surface area contributed by atoms with Crippen molar-refractivity contribution in [2.75, 3.05) is 12.1 Å². The molecule has 232 valence electrons. The molecule has 1 aromatic carbocycles. The second-order valence-corrected chi connectivity index (χ2v) is 12.0. The lowest BCUT2D eigenvalue weighted by Gasteiger charge is -2.42. The summed E-state index contributed by atoms with van der Waals surface area (Å²) < 4.78 is 40.4. The van der Waals surface area contributed by atoms with Crippen molar-refractivity contribution in [3.63, 3.8) is 0 Å². The van der Waals surface area contributed by atoms with Crippen LogP contribution in [0.3, 0.4) is 0 Å². The maximum Gasteiger partial charge on any atom is 0.433 e. The summed E-state index contributed by atoms with van der Waals surface area (Å²) in [6, 6.07) is 6.82. The number of nitrogens with zero attached hydrogens (tertiary/aromatic N) is 3. The highest BCUT2D eigenvalue weighted by atomic mass is 35.5. The van der Waals surface area contributed by atoms with Gasteiger partial charge >= 0.3 is 6.18 Å². The van der Waals surface area contributed by atoms with E-state index >= 15 is 0 Å². The molecule has 1 saturated heterocycles. The van der Waals surface area contributed by atoms with Gasteiger partial charge in [0.25, 0.3) is 11.8 Å². The maximum atomic E-state index is 14.1. The van der Waals surface area contributed by atoms with Gasteiger partial charge in [0, 0.05) is 35.2 Å². The molecule has 1 fully saturated rings. The van der Waals surface area contributed by atoms with E-state index in [1.54, 1.807) is 37.3 Å². The lowest BCUT2D eigenvalue weighted by Crippen LogP contribution is -2.46. The molecule has 2 aromatic rings. The number of hydrogen-bond donors (Lipinski definition) is 1. The number of aromatic nitrogens is 1. The van der Waals surface area contributed by atoms with Crippen LogP contribution in [0.2, 0.25) is 5.02 Å². The predicted octanol–water partition coefficient (Wildman–Crippen LogP) is 5.67. The molecule has 4 atom stereocenters. The minimum atomic E-state index is -4.79. The predicted molar refractivity (Wildman–Crippen MR) is 158 cm³/mol. The van der Waals surface area contributed by atoms with Gasteiger partial charge in [-0.3, -0.25) is 24.2 Å². The number of carbonyl (C=O) groups excluding carboxylic acids is 4. The fourth-order valence-electron chi connectivity index (χ4n) is 7.07. The van der Waals surface area contributed by atoms with Crippen LogP contribution in [0.15, 0.2) is 77.4 Å². The SMILES string of the molecule is C=CCc1cccc(C2C3=CCC4C(=O)N(N(C)c5nc(C(F)(F)F)ccc5Cl)C(=O)C4C3CC3=C2C(=O)C(C)=CC3=O)c1O. The van der Waals surface area contributed by atoms with Crippen molar-refractivity contribution >= 4 is 40.8 Å². The zero-order valence-electron chi connectivity index (χ0n) is 24.2. The smallest absolute Gasteiger partial charge is 0.433 e. The monoisotopic (exact) mass is 637 g/mol. The fraction of sp³-hybridized carbons (Fsp3) is 0.303. The number of amides is 2. The summed E-state index contributed by atoms with van der Waals surface area (Å²) in [7, 11) is 1.24. The summed E-state index contributed by atoms with van der Waals surface area (Å²) in [6.45, 7) is 5.28. The van der Waals surface area contributed by atoms with E-state index in [0.717, 1.165) is 16.1 Å². The lowest BCUT2D eigenvalue weighted by molar-refractivity contribution is -0.141. The van der Waals surface area contributed by atoms with Crippen LogP contribution in [0.1, 0.15) is 42.5 Å². The van der Waals surface area contributed by atoms with Crippen molar-refractivity contribution in [1.29, 1.82) is 0 Å². The average Bonchev–Trinajstić information content (AvgIpc) is 3.25. The van der Waals surface area contributed by atoms with Crippen LogP contribution in [0.5, 0.6) is 5.75 Å².